The van der Waals surface area contributed by atoms with Gasteiger partial charge in [0.25, 0.3) is 0 Å². The molecule has 0 aliphatic rings. The van der Waals surface area contributed by atoms with Gasteiger partial charge < -0.3 is 14.4 Å². The number of benzene rings is 1. The van der Waals surface area contributed by atoms with E-state index in [1.165, 1.54) is 14.2 Å². The Morgan fingerprint density at radius 1 is 1.22 bits per heavy atom. The van der Waals surface area contributed by atoms with Crippen LogP contribution in [0.4, 0.5) is 5.69 Å². The van der Waals surface area contributed by atoms with Gasteiger partial charge in [-0.3, -0.25) is 4.79 Å². The van der Waals surface area contributed by atoms with E-state index in [0.717, 1.165) is 5.69 Å². The number of nitrogens with zero attached hydrogens (tertiary/aromatic N) is 2. The van der Waals surface area contributed by atoms with Gasteiger partial charge in [-0.2, -0.15) is 0 Å². The van der Waals surface area contributed by atoms with Crippen molar-refractivity contribution in [1.82, 2.24) is 4.98 Å². The van der Waals surface area contributed by atoms with Crippen molar-refractivity contribution in [1.29, 1.82) is 0 Å². The lowest BCUT2D eigenvalue weighted by molar-refractivity contribution is -0.139. The molecule has 122 valence electrons. The van der Waals surface area contributed by atoms with E-state index < -0.39 is 11.9 Å². The molecule has 0 amide bonds. The second-order valence-electron chi connectivity index (χ2n) is 5.09. The Labute approximate surface area is 139 Å². The molecule has 0 unspecified atom stereocenters. The average Bonchev–Trinajstić information content (AvgIpc) is 2.52. The van der Waals surface area contributed by atoms with Gasteiger partial charge in [0.15, 0.2) is 0 Å². The maximum atomic E-state index is 12.0. The largest absolute Gasteiger partial charge is 0.469 e. The summed E-state index contributed by atoms with van der Waals surface area (Å²) in [4.78, 5) is 29.8. The first kappa shape index (κ1) is 17.0. The summed E-state index contributed by atoms with van der Waals surface area (Å²) in [6, 6.07) is 4.98. The molecule has 0 fully saturated rings. The second kappa shape index (κ2) is 6.83. The van der Waals surface area contributed by atoms with Gasteiger partial charge in [-0.1, -0.05) is 11.6 Å². The molecule has 0 bridgehead atoms. The Morgan fingerprint density at radius 3 is 2.48 bits per heavy atom. The van der Waals surface area contributed by atoms with Crippen molar-refractivity contribution >= 4 is 40.1 Å². The van der Waals surface area contributed by atoms with Crippen molar-refractivity contribution in [3.63, 3.8) is 0 Å². The Hall–Kier alpha value is -2.34. The highest BCUT2D eigenvalue weighted by atomic mass is 35.5. The summed E-state index contributed by atoms with van der Waals surface area (Å²) in [5.41, 5.74) is 2.11. The van der Waals surface area contributed by atoms with Crippen LogP contribution in [0, 0.1) is 0 Å². The van der Waals surface area contributed by atoms with Crippen LogP contribution in [0.25, 0.3) is 10.9 Å². The monoisotopic (exact) mass is 336 g/mol. The molecular weight excluding hydrogens is 320 g/mol. The highest BCUT2D eigenvalue weighted by molar-refractivity contribution is 6.37. The smallest absolute Gasteiger partial charge is 0.338 e. The summed E-state index contributed by atoms with van der Waals surface area (Å²) in [7, 11) is 6.33. The van der Waals surface area contributed by atoms with Crippen LogP contribution in [-0.4, -0.2) is 45.2 Å². The molecule has 1 aromatic heterocycles. The quantitative estimate of drug-likeness (QED) is 0.799. The lowest BCUT2D eigenvalue weighted by Gasteiger charge is -2.17. The fourth-order valence-corrected chi connectivity index (χ4v) is 2.60. The summed E-state index contributed by atoms with van der Waals surface area (Å²) < 4.78 is 9.46. The van der Waals surface area contributed by atoms with Gasteiger partial charge in [0.2, 0.25) is 0 Å². The Balaban J connectivity index is 2.75. The zero-order valence-corrected chi connectivity index (χ0v) is 14.1. The fraction of sp³-hybridized carbons (Fsp3) is 0.312. The third-order valence-corrected chi connectivity index (χ3v) is 3.68. The van der Waals surface area contributed by atoms with Crippen molar-refractivity contribution in [2.75, 3.05) is 33.2 Å². The van der Waals surface area contributed by atoms with Crippen LogP contribution < -0.4 is 4.90 Å². The number of hydrogen-bond acceptors (Lipinski definition) is 6. The molecule has 0 N–H and O–H groups in total. The number of aromatic nitrogens is 1. The number of esters is 2. The lowest BCUT2D eigenvalue weighted by atomic mass is 10.1. The van der Waals surface area contributed by atoms with E-state index >= 15 is 0 Å². The number of hydrogen-bond donors (Lipinski definition) is 0. The van der Waals surface area contributed by atoms with Gasteiger partial charge in [0.1, 0.15) is 0 Å². The number of carbonyl (C=O) groups excluding carboxylic acids is 2. The molecule has 0 aliphatic carbocycles. The summed E-state index contributed by atoms with van der Waals surface area (Å²) in [5, 5.41) is 0.830. The van der Waals surface area contributed by atoms with E-state index in [-0.39, 0.29) is 6.42 Å². The third kappa shape index (κ3) is 3.37. The fourth-order valence-electron chi connectivity index (χ4n) is 2.28. The molecule has 0 saturated carbocycles. The van der Waals surface area contributed by atoms with Crippen LogP contribution in [0.5, 0.6) is 0 Å². The van der Waals surface area contributed by atoms with Gasteiger partial charge in [0, 0.05) is 19.5 Å². The lowest BCUT2D eigenvalue weighted by Crippen LogP contribution is -2.13. The van der Waals surface area contributed by atoms with Crippen LogP contribution >= 0.6 is 11.6 Å². The molecule has 1 heterocycles. The number of fused-ring (bicyclic) bond motifs is 1. The Kier molecular flexibility index (Phi) is 5.05. The summed E-state index contributed by atoms with van der Waals surface area (Å²) >= 11 is 6.35. The van der Waals surface area contributed by atoms with Gasteiger partial charge in [0.05, 0.1) is 48.1 Å². The summed E-state index contributed by atoms with van der Waals surface area (Å²) in [6.45, 7) is 0. The molecule has 2 aromatic rings. The molecule has 1 aromatic carbocycles. The van der Waals surface area contributed by atoms with Gasteiger partial charge in [-0.25, -0.2) is 9.78 Å². The van der Waals surface area contributed by atoms with Crippen molar-refractivity contribution in [3.8, 4) is 0 Å². The standard InChI is InChI=1S/C16H17ClN2O4/c1-19(2)12-6-5-10(16(21)23-4)14-11(17)7-9(18-15(12)14)8-13(20)22-3/h5-7H,8H2,1-4H3. The molecule has 6 nitrogen and oxygen atoms in total. The molecular formula is C16H17ClN2O4. The van der Waals surface area contributed by atoms with Crippen molar-refractivity contribution in [2.45, 2.75) is 6.42 Å². The minimum Gasteiger partial charge on any atom is -0.469 e. The van der Waals surface area contributed by atoms with E-state index in [1.54, 1.807) is 18.2 Å². The number of rotatable bonds is 4. The van der Waals surface area contributed by atoms with E-state index in [4.69, 9.17) is 16.3 Å². The van der Waals surface area contributed by atoms with Crippen LogP contribution in [0.15, 0.2) is 18.2 Å². The number of ether oxygens (including phenoxy) is 2. The van der Waals surface area contributed by atoms with E-state index in [2.05, 4.69) is 9.72 Å². The number of pyridine rings is 1. The first-order chi connectivity index (χ1) is 10.9. The topological polar surface area (TPSA) is 68.7 Å². The average molecular weight is 337 g/mol. The molecule has 7 heteroatoms. The predicted octanol–water partition coefficient (Wildman–Crippen LogP) is 2.46. The van der Waals surface area contributed by atoms with Crippen molar-refractivity contribution < 1.29 is 19.1 Å². The zero-order valence-electron chi connectivity index (χ0n) is 13.3. The number of halogens is 1. The SMILES string of the molecule is COC(=O)Cc1cc(Cl)c2c(C(=O)OC)ccc(N(C)C)c2n1. The van der Waals surface area contributed by atoms with Crippen LogP contribution in [0.2, 0.25) is 5.02 Å². The van der Waals surface area contributed by atoms with Crippen molar-refractivity contribution in [2.24, 2.45) is 0 Å². The maximum absolute atomic E-state index is 12.0. The number of carbonyl (C=O) groups is 2. The minimum atomic E-state index is -0.496. The van der Waals surface area contributed by atoms with Gasteiger partial charge >= 0.3 is 11.9 Å². The van der Waals surface area contributed by atoms with Gasteiger partial charge in [-0.15, -0.1) is 0 Å². The normalized spacial score (nSPS) is 10.5. The molecule has 0 atom stereocenters. The molecule has 0 aliphatic heterocycles. The van der Waals surface area contributed by atoms with E-state index in [9.17, 15) is 9.59 Å². The zero-order chi connectivity index (χ0) is 17.1. The second-order valence-corrected chi connectivity index (χ2v) is 5.50. The first-order valence-electron chi connectivity index (χ1n) is 6.83. The molecule has 0 saturated heterocycles. The Morgan fingerprint density at radius 2 is 1.91 bits per heavy atom. The Bertz CT molecular complexity index is 774. The van der Waals surface area contributed by atoms with Crippen molar-refractivity contribution in [3.05, 3.63) is 34.5 Å². The molecule has 23 heavy (non-hydrogen) atoms. The first-order valence-corrected chi connectivity index (χ1v) is 7.21. The van der Waals surface area contributed by atoms with Crippen LogP contribution in [0.1, 0.15) is 16.1 Å². The van der Waals surface area contributed by atoms with Gasteiger partial charge in [-0.05, 0) is 18.2 Å². The molecule has 2 rings (SSSR count). The third-order valence-electron chi connectivity index (χ3n) is 3.38. The maximum Gasteiger partial charge on any atom is 0.338 e. The molecule has 0 radical (unpaired) electrons. The predicted molar refractivity (Wildman–Crippen MR) is 88.1 cm³/mol. The molecule has 0 spiro atoms. The van der Waals surface area contributed by atoms with E-state index in [0.29, 0.717) is 27.2 Å². The summed E-state index contributed by atoms with van der Waals surface area (Å²) in [6.07, 6.45) is 0.00147. The van der Waals surface area contributed by atoms with E-state index in [1.807, 2.05) is 19.0 Å². The van der Waals surface area contributed by atoms with Crippen LogP contribution in [0.3, 0.4) is 0 Å². The van der Waals surface area contributed by atoms with Crippen LogP contribution in [-0.2, 0) is 20.7 Å². The summed E-state index contributed by atoms with van der Waals surface area (Å²) in [5.74, 6) is -0.909. The number of methoxy groups -OCH3 is 2. The minimum absolute atomic E-state index is 0.00147. The highest BCUT2D eigenvalue weighted by Gasteiger charge is 2.19. The number of anilines is 1. The highest BCUT2D eigenvalue weighted by Crippen LogP contribution is 2.33.